The molecule has 0 bridgehead atoms. The Morgan fingerprint density at radius 3 is 2.21 bits per heavy atom. The number of hydrogen-bond acceptors (Lipinski definition) is 4. The van der Waals surface area contributed by atoms with Gasteiger partial charge in [0.15, 0.2) is 6.61 Å². The van der Waals surface area contributed by atoms with E-state index in [2.05, 4.69) is 0 Å². The normalized spacial score (nSPS) is 10.3. The smallest absolute Gasteiger partial charge is 0.341 e. The number of esters is 1. The van der Waals surface area contributed by atoms with Crippen LogP contribution in [0.2, 0.25) is 0 Å². The SMILES string of the molecule is COc1ccc(C(=O)OCC(=O)N(Cc2ccccc2)c2ccccc2)c(F)c1. The number of amides is 1. The summed E-state index contributed by atoms with van der Waals surface area (Å²) in [6.07, 6.45) is 0. The summed E-state index contributed by atoms with van der Waals surface area (Å²) >= 11 is 0. The number of rotatable bonds is 7. The van der Waals surface area contributed by atoms with Crippen molar-refractivity contribution < 1.29 is 23.5 Å². The van der Waals surface area contributed by atoms with Gasteiger partial charge in [0.1, 0.15) is 11.6 Å². The number of anilines is 1. The number of carbonyl (C=O) groups excluding carboxylic acids is 2. The molecule has 3 aromatic carbocycles. The van der Waals surface area contributed by atoms with Crippen molar-refractivity contribution in [3.63, 3.8) is 0 Å². The zero-order valence-electron chi connectivity index (χ0n) is 15.9. The van der Waals surface area contributed by atoms with Gasteiger partial charge < -0.3 is 14.4 Å². The van der Waals surface area contributed by atoms with Gasteiger partial charge in [-0.05, 0) is 29.8 Å². The third-order valence-electron chi connectivity index (χ3n) is 4.28. The number of hydrogen-bond donors (Lipinski definition) is 0. The third kappa shape index (κ3) is 5.19. The van der Waals surface area contributed by atoms with Crippen LogP contribution in [0.25, 0.3) is 0 Å². The number of benzene rings is 3. The van der Waals surface area contributed by atoms with Crippen molar-refractivity contribution in [2.75, 3.05) is 18.6 Å². The van der Waals surface area contributed by atoms with E-state index in [1.54, 1.807) is 12.1 Å². The van der Waals surface area contributed by atoms with Crippen LogP contribution in [-0.2, 0) is 16.1 Å². The average Bonchev–Trinajstić information content (AvgIpc) is 2.76. The third-order valence-corrected chi connectivity index (χ3v) is 4.28. The van der Waals surface area contributed by atoms with Crippen molar-refractivity contribution in [3.8, 4) is 5.75 Å². The molecule has 0 aliphatic rings. The van der Waals surface area contributed by atoms with Crippen molar-refractivity contribution in [2.24, 2.45) is 0 Å². The van der Waals surface area contributed by atoms with E-state index < -0.39 is 24.3 Å². The molecule has 0 spiro atoms. The second-order valence-corrected chi connectivity index (χ2v) is 6.22. The van der Waals surface area contributed by atoms with Crippen LogP contribution in [-0.4, -0.2) is 25.6 Å². The summed E-state index contributed by atoms with van der Waals surface area (Å²) in [6.45, 7) is -0.190. The Morgan fingerprint density at radius 1 is 0.931 bits per heavy atom. The van der Waals surface area contributed by atoms with E-state index in [9.17, 15) is 14.0 Å². The zero-order chi connectivity index (χ0) is 20.6. The molecule has 0 atom stereocenters. The van der Waals surface area contributed by atoms with Gasteiger partial charge in [-0.2, -0.15) is 0 Å². The molecule has 1 amide bonds. The minimum atomic E-state index is -0.911. The highest BCUT2D eigenvalue weighted by Gasteiger charge is 2.20. The molecule has 0 fully saturated rings. The summed E-state index contributed by atoms with van der Waals surface area (Å²) in [6, 6.07) is 22.4. The molecule has 0 saturated heterocycles. The predicted molar refractivity (Wildman–Crippen MR) is 107 cm³/mol. The minimum Gasteiger partial charge on any atom is -0.497 e. The quantitative estimate of drug-likeness (QED) is 0.564. The number of methoxy groups -OCH3 is 1. The molecule has 0 unspecified atom stereocenters. The maximum atomic E-state index is 14.0. The first kappa shape index (κ1) is 20.1. The number of carbonyl (C=O) groups is 2. The summed E-state index contributed by atoms with van der Waals surface area (Å²) in [5.41, 5.74) is 1.35. The van der Waals surface area contributed by atoms with E-state index in [0.717, 1.165) is 11.6 Å². The van der Waals surface area contributed by atoms with E-state index in [1.807, 2.05) is 48.5 Å². The van der Waals surface area contributed by atoms with Crippen LogP contribution in [0.5, 0.6) is 5.75 Å². The molecule has 0 radical (unpaired) electrons. The molecule has 0 aromatic heterocycles. The van der Waals surface area contributed by atoms with Gasteiger partial charge in [0.25, 0.3) is 5.91 Å². The molecule has 3 aromatic rings. The lowest BCUT2D eigenvalue weighted by atomic mass is 10.2. The number of para-hydroxylation sites is 1. The fraction of sp³-hybridized carbons (Fsp3) is 0.130. The van der Waals surface area contributed by atoms with Gasteiger partial charge in [-0.3, -0.25) is 4.79 Å². The molecule has 148 valence electrons. The first-order valence-corrected chi connectivity index (χ1v) is 8.98. The maximum Gasteiger partial charge on any atom is 0.341 e. The molecule has 0 N–H and O–H groups in total. The van der Waals surface area contributed by atoms with Crippen molar-refractivity contribution in [1.29, 1.82) is 0 Å². The molecule has 0 heterocycles. The van der Waals surface area contributed by atoms with Crippen LogP contribution >= 0.6 is 0 Å². The molecule has 5 nitrogen and oxygen atoms in total. The van der Waals surface area contributed by atoms with Gasteiger partial charge >= 0.3 is 5.97 Å². The molecule has 3 rings (SSSR count). The van der Waals surface area contributed by atoms with Gasteiger partial charge in [0, 0.05) is 11.8 Å². The van der Waals surface area contributed by atoms with Crippen LogP contribution in [0.3, 0.4) is 0 Å². The van der Waals surface area contributed by atoms with E-state index in [1.165, 1.54) is 24.1 Å². The summed E-state index contributed by atoms with van der Waals surface area (Å²) in [7, 11) is 1.40. The van der Waals surface area contributed by atoms with Crippen molar-refractivity contribution >= 4 is 17.6 Å². The Bertz CT molecular complexity index is 977. The largest absolute Gasteiger partial charge is 0.497 e. The van der Waals surface area contributed by atoms with Crippen molar-refractivity contribution in [3.05, 3.63) is 95.8 Å². The summed E-state index contributed by atoms with van der Waals surface area (Å²) in [4.78, 5) is 26.5. The van der Waals surface area contributed by atoms with Gasteiger partial charge in [-0.15, -0.1) is 0 Å². The Labute approximate surface area is 168 Å². The summed E-state index contributed by atoms with van der Waals surface area (Å²) < 4.78 is 24.0. The van der Waals surface area contributed by atoms with Crippen molar-refractivity contribution in [1.82, 2.24) is 0 Å². The number of nitrogens with zero attached hydrogens (tertiary/aromatic N) is 1. The molecule has 0 aliphatic carbocycles. The Morgan fingerprint density at radius 2 is 1.59 bits per heavy atom. The predicted octanol–water partition coefficient (Wildman–Crippen LogP) is 4.22. The zero-order valence-corrected chi connectivity index (χ0v) is 15.9. The Hall–Kier alpha value is -3.67. The van der Waals surface area contributed by atoms with Crippen LogP contribution in [0.4, 0.5) is 10.1 Å². The monoisotopic (exact) mass is 393 g/mol. The second-order valence-electron chi connectivity index (χ2n) is 6.22. The van der Waals surface area contributed by atoms with Crippen LogP contribution in [0.15, 0.2) is 78.9 Å². The van der Waals surface area contributed by atoms with Gasteiger partial charge in [-0.1, -0.05) is 48.5 Å². The van der Waals surface area contributed by atoms with E-state index in [0.29, 0.717) is 12.2 Å². The lowest BCUT2D eigenvalue weighted by molar-refractivity contribution is -0.121. The second kappa shape index (κ2) is 9.50. The van der Waals surface area contributed by atoms with Crippen LogP contribution in [0.1, 0.15) is 15.9 Å². The van der Waals surface area contributed by atoms with Gasteiger partial charge in [0.05, 0.1) is 19.2 Å². The molecular weight excluding hydrogens is 373 g/mol. The van der Waals surface area contributed by atoms with Crippen LogP contribution < -0.4 is 9.64 Å². The molecule has 6 heteroatoms. The first-order chi connectivity index (χ1) is 14.1. The topological polar surface area (TPSA) is 55.8 Å². The fourth-order valence-electron chi connectivity index (χ4n) is 2.77. The first-order valence-electron chi connectivity index (χ1n) is 8.98. The summed E-state index contributed by atoms with van der Waals surface area (Å²) in [5, 5.41) is 0. The summed E-state index contributed by atoms with van der Waals surface area (Å²) in [5.74, 6) is -1.81. The Balaban J connectivity index is 1.72. The van der Waals surface area contributed by atoms with Crippen LogP contribution in [0, 0.1) is 5.82 Å². The molecule has 0 saturated carbocycles. The van der Waals surface area contributed by atoms with Crippen molar-refractivity contribution in [2.45, 2.75) is 6.54 Å². The highest BCUT2D eigenvalue weighted by Crippen LogP contribution is 2.19. The lowest BCUT2D eigenvalue weighted by Gasteiger charge is -2.23. The minimum absolute atomic E-state index is 0.257. The van der Waals surface area contributed by atoms with Gasteiger partial charge in [0.2, 0.25) is 0 Å². The standard InChI is InChI=1S/C23H20FNO4/c1-28-19-12-13-20(21(24)14-19)23(27)29-16-22(26)25(18-10-6-3-7-11-18)15-17-8-4-2-5-9-17/h2-14H,15-16H2,1H3. The van der Waals surface area contributed by atoms with E-state index in [-0.39, 0.29) is 11.3 Å². The number of ether oxygens (including phenoxy) is 2. The highest BCUT2D eigenvalue weighted by atomic mass is 19.1. The highest BCUT2D eigenvalue weighted by molar-refractivity contribution is 5.97. The lowest BCUT2D eigenvalue weighted by Crippen LogP contribution is -2.34. The Kier molecular flexibility index (Phi) is 6.58. The number of halogens is 1. The average molecular weight is 393 g/mol. The maximum absolute atomic E-state index is 14.0. The molecule has 0 aliphatic heterocycles. The van der Waals surface area contributed by atoms with E-state index >= 15 is 0 Å². The molecule has 29 heavy (non-hydrogen) atoms. The van der Waals surface area contributed by atoms with Gasteiger partial charge in [-0.25, -0.2) is 9.18 Å². The molecular formula is C23H20FNO4. The van der Waals surface area contributed by atoms with E-state index in [4.69, 9.17) is 9.47 Å². The fourth-order valence-corrected chi connectivity index (χ4v) is 2.77.